The predicted molar refractivity (Wildman–Crippen MR) is 77.2 cm³/mol. The first-order valence-corrected chi connectivity index (χ1v) is 7.00. The van der Waals surface area contributed by atoms with Crippen LogP contribution in [0.1, 0.15) is 24.1 Å². The third-order valence-electron chi connectivity index (χ3n) is 3.54. The van der Waals surface area contributed by atoms with Crippen LogP contribution in [0.2, 0.25) is 0 Å². The lowest BCUT2D eigenvalue weighted by molar-refractivity contribution is 0.0241. The number of aryl methyl sites for hydroxylation is 2. The van der Waals surface area contributed by atoms with Gasteiger partial charge in [0.2, 0.25) is 0 Å². The number of aromatic nitrogens is 2. The Labute approximate surface area is 118 Å². The summed E-state index contributed by atoms with van der Waals surface area (Å²) in [5, 5.41) is 15.0. The van der Waals surface area contributed by atoms with Gasteiger partial charge in [0.1, 0.15) is 0 Å². The van der Waals surface area contributed by atoms with Crippen LogP contribution in [0.4, 0.5) is 0 Å². The van der Waals surface area contributed by atoms with Gasteiger partial charge in [0.05, 0.1) is 5.60 Å². The monoisotopic (exact) mass is 278 g/mol. The molecule has 0 fully saturated rings. The first-order chi connectivity index (χ1) is 9.15. The van der Waals surface area contributed by atoms with Crippen molar-refractivity contribution in [2.75, 3.05) is 5.88 Å². The summed E-state index contributed by atoms with van der Waals surface area (Å²) < 4.78 is 1.84. The summed E-state index contributed by atoms with van der Waals surface area (Å²) in [7, 11) is 1.92. The third-order valence-corrected chi connectivity index (χ3v) is 3.73. The van der Waals surface area contributed by atoms with Crippen molar-refractivity contribution in [3.63, 3.8) is 0 Å². The summed E-state index contributed by atoms with van der Waals surface area (Å²) in [4.78, 5) is 0. The van der Waals surface area contributed by atoms with Gasteiger partial charge in [-0.05, 0) is 30.9 Å². The molecular weight excluding hydrogens is 260 g/mol. The Morgan fingerprint density at radius 3 is 2.53 bits per heavy atom. The van der Waals surface area contributed by atoms with E-state index in [1.807, 2.05) is 48.1 Å². The highest BCUT2D eigenvalue weighted by Gasteiger charge is 2.28. The average Bonchev–Trinajstić information content (AvgIpc) is 2.83. The molecule has 1 aromatic heterocycles. The minimum absolute atomic E-state index is 0.441. The van der Waals surface area contributed by atoms with Crippen LogP contribution in [-0.4, -0.2) is 20.8 Å². The largest absolute Gasteiger partial charge is 0.385 e. The number of aliphatic hydroxyl groups is 1. The van der Waals surface area contributed by atoms with Gasteiger partial charge in [0.25, 0.3) is 0 Å². The number of nitrogens with zero attached hydrogens (tertiary/aromatic N) is 2. The number of hydrogen-bond donors (Lipinski definition) is 1. The van der Waals surface area contributed by atoms with Gasteiger partial charge in [-0.15, -0.1) is 11.6 Å². The van der Waals surface area contributed by atoms with Crippen LogP contribution in [-0.2, 0) is 19.1 Å². The first-order valence-electron chi connectivity index (χ1n) is 6.46. The molecule has 0 saturated heterocycles. The fourth-order valence-corrected chi connectivity index (χ4v) is 2.61. The van der Waals surface area contributed by atoms with E-state index < -0.39 is 5.60 Å². The highest BCUT2D eigenvalue weighted by atomic mass is 35.5. The van der Waals surface area contributed by atoms with E-state index in [1.54, 1.807) is 6.20 Å². The number of halogens is 1. The fraction of sp³-hybridized carbons (Fsp3) is 0.400. The summed E-state index contributed by atoms with van der Waals surface area (Å²) in [6.07, 6.45) is 3.75. The summed E-state index contributed by atoms with van der Waals surface area (Å²) in [6.45, 7) is 0. The van der Waals surface area contributed by atoms with Crippen molar-refractivity contribution < 1.29 is 5.11 Å². The van der Waals surface area contributed by atoms with E-state index in [0.717, 1.165) is 17.7 Å². The van der Waals surface area contributed by atoms with E-state index in [4.69, 9.17) is 11.6 Å². The lowest BCUT2D eigenvalue weighted by Gasteiger charge is -2.28. The topological polar surface area (TPSA) is 38.0 Å². The minimum atomic E-state index is -0.868. The van der Waals surface area contributed by atoms with E-state index in [2.05, 4.69) is 5.10 Å². The molecular formula is C15H19ClN2O. The molecule has 2 rings (SSSR count). The molecule has 19 heavy (non-hydrogen) atoms. The lowest BCUT2D eigenvalue weighted by atomic mass is 9.86. The van der Waals surface area contributed by atoms with Crippen molar-refractivity contribution >= 4 is 11.6 Å². The molecule has 0 radical (unpaired) electrons. The van der Waals surface area contributed by atoms with Crippen molar-refractivity contribution in [3.8, 4) is 0 Å². The van der Waals surface area contributed by atoms with Crippen molar-refractivity contribution in [1.29, 1.82) is 0 Å². The smallest absolute Gasteiger partial charge is 0.0911 e. The molecule has 102 valence electrons. The summed E-state index contributed by atoms with van der Waals surface area (Å²) >= 11 is 5.85. The SMILES string of the molecule is Cn1nccc1CCC(O)(CCCl)c1ccccc1. The van der Waals surface area contributed by atoms with E-state index in [9.17, 15) is 5.11 Å². The maximum absolute atomic E-state index is 10.9. The minimum Gasteiger partial charge on any atom is -0.385 e. The molecule has 0 aliphatic rings. The summed E-state index contributed by atoms with van der Waals surface area (Å²) in [5.74, 6) is 0.441. The highest BCUT2D eigenvalue weighted by molar-refractivity contribution is 6.17. The van der Waals surface area contributed by atoms with Crippen LogP contribution < -0.4 is 0 Å². The van der Waals surface area contributed by atoms with Crippen molar-refractivity contribution in [2.24, 2.45) is 7.05 Å². The average molecular weight is 279 g/mol. The zero-order valence-corrected chi connectivity index (χ0v) is 11.8. The number of hydrogen-bond acceptors (Lipinski definition) is 2. The van der Waals surface area contributed by atoms with Gasteiger partial charge < -0.3 is 5.11 Å². The Kier molecular flexibility index (Phi) is 4.61. The van der Waals surface area contributed by atoms with Crippen LogP contribution >= 0.6 is 11.6 Å². The van der Waals surface area contributed by atoms with E-state index in [0.29, 0.717) is 18.7 Å². The van der Waals surface area contributed by atoms with Crippen LogP contribution in [0.25, 0.3) is 0 Å². The lowest BCUT2D eigenvalue weighted by Crippen LogP contribution is -2.27. The maximum atomic E-state index is 10.9. The molecule has 0 saturated carbocycles. The van der Waals surface area contributed by atoms with E-state index in [1.165, 1.54) is 0 Å². The fourth-order valence-electron chi connectivity index (χ4n) is 2.30. The van der Waals surface area contributed by atoms with E-state index in [-0.39, 0.29) is 0 Å². The molecule has 0 aliphatic heterocycles. The number of rotatable bonds is 6. The number of alkyl halides is 1. The van der Waals surface area contributed by atoms with Crippen molar-refractivity contribution in [2.45, 2.75) is 24.9 Å². The zero-order valence-electron chi connectivity index (χ0n) is 11.1. The highest BCUT2D eigenvalue weighted by Crippen LogP contribution is 2.30. The van der Waals surface area contributed by atoms with Gasteiger partial charge in [-0.1, -0.05) is 30.3 Å². The molecule has 4 heteroatoms. The van der Waals surface area contributed by atoms with Gasteiger partial charge in [0.15, 0.2) is 0 Å². The Bertz CT molecular complexity index is 512. The van der Waals surface area contributed by atoms with E-state index >= 15 is 0 Å². The molecule has 0 aliphatic carbocycles. The second-order valence-electron chi connectivity index (χ2n) is 4.78. The van der Waals surface area contributed by atoms with Crippen LogP contribution in [0, 0.1) is 0 Å². The molecule has 1 heterocycles. The molecule has 1 aromatic carbocycles. The second kappa shape index (κ2) is 6.22. The Balaban J connectivity index is 2.14. The molecule has 1 atom stereocenters. The summed E-state index contributed by atoms with van der Waals surface area (Å²) in [6, 6.07) is 11.7. The van der Waals surface area contributed by atoms with Crippen molar-refractivity contribution in [1.82, 2.24) is 9.78 Å². The molecule has 2 aromatic rings. The van der Waals surface area contributed by atoms with Crippen LogP contribution in [0.15, 0.2) is 42.6 Å². The molecule has 0 amide bonds. The second-order valence-corrected chi connectivity index (χ2v) is 5.16. The van der Waals surface area contributed by atoms with Gasteiger partial charge in [-0.25, -0.2) is 0 Å². The number of benzene rings is 1. The predicted octanol–water partition coefficient (Wildman–Crippen LogP) is 2.87. The van der Waals surface area contributed by atoms with Crippen LogP contribution in [0.5, 0.6) is 0 Å². The molecule has 1 unspecified atom stereocenters. The van der Waals surface area contributed by atoms with Gasteiger partial charge >= 0.3 is 0 Å². The molecule has 0 spiro atoms. The quantitative estimate of drug-likeness (QED) is 0.825. The molecule has 1 N–H and O–H groups in total. The maximum Gasteiger partial charge on any atom is 0.0911 e. The third kappa shape index (κ3) is 3.37. The van der Waals surface area contributed by atoms with Gasteiger partial charge in [-0.2, -0.15) is 5.10 Å². The molecule has 0 bridgehead atoms. The van der Waals surface area contributed by atoms with Gasteiger partial charge in [0, 0.05) is 24.8 Å². The first kappa shape index (κ1) is 14.1. The standard InChI is InChI=1S/C15H19ClN2O/c1-18-14(8-12-17-18)7-9-15(19,10-11-16)13-5-3-2-4-6-13/h2-6,8,12,19H,7,9-11H2,1H3. The zero-order chi connectivity index (χ0) is 13.7. The van der Waals surface area contributed by atoms with Crippen LogP contribution in [0.3, 0.4) is 0 Å². The Morgan fingerprint density at radius 2 is 1.95 bits per heavy atom. The Morgan fingerprint density at radius 1 is 1.21 bits per heavy atom. The summed E-state index contributed by atoms with van der Waals surface area (Å²) in [5.41, 5.74) is 1.18. The van der Waals surface area contributed by atoms with Crippen molar-refractivity contribution in [3.05, 3.63) is 53.9 Å². The van der Waals surface area contributed by atoms with Gasteiger partial charge in [-0.3, -0.25) is 4.68 Å². The molecule has 3 nitrogen and oxygen atoms in total. The normalized spacial score (nSPS) is 14.3. The Hall–Kier alpha value is -1.32.